The topological polar surface area (TPSA) is 86.8 Å². The highest BCUT2D eigenvalue weighted by Gasteiger charge is 2.31. The maximum Gasteiger partial charge on any atom is 0.244 e. The molecule has 0 aliphatic carbocycles. The Hall–Kier alpha value is -2.58. The lowest BCUT2D eigenvalue weighted by molar-refractivity contribution is -0.139. The Morgan fingerprint density at radius 1 is 1.06 bits per heavy atom. The fourth-order valence-corrected chi connectivity index (χ4v) is 4.54. The van der Waals surface area contributed by atoms with Gasteiger partial charge < -0.3 is 10.2 Å². The normalized spacial score (nSPS) is 12.2. The first-order valence-electron chi connectivity index (χ1n) is 9.75. The van der Waals surface area contributed by atoms with Crippen LogP contribution in [0, 0.1) is 13.8 Å². The van der Waals surface area contributed by atoms with Gasteiger partial charge in [-0.25, -0.2) is 8.42 Å². The van der Waals surface area contributed by atoms with Crippen molar-refractivity contribution >= 4 is 39.1 Å². The van der Waals surface area contributed by atoms with Crippen molar-refractivity contribution in [2.45, 2.75) is 33.4 Å². The van der Waals surface area contributed by atoms with Crippen LogP contribution in [0.4, 0.5) is 5.69 Å². The summed E-state index contributed by atoms with van der Waals surface area (Å²) in [6.07, 6.45) is 1.06. The van der Waals surface area contributed by atoms with E-state index < -0.39 is 28.5 Å². The number of halogens is 1. The van der Waals surface area contributed by atoms with Crippen molar-refractivity contribution in [3.63, 3.8) is 0 Å². The molecule has 0 aliphatic rings. The summed E-state index contributed by atoms with van der Waals surface area (Å²) in [6.45, 7) is 4.81. The second-order valence-corrected chi connectivity index (χ2v) is 9.73. The van der Waals surface area contributed by atoms with E-state index in [4.69, 9.17) is 11.6 Å². The zero-order valence-electron chi connectivity index (χ0n) is 18.3. The molecule has 0 fully saturated rings. The second kappa shape index (κ2) is 10.2. The number of carbonyl (C=O) groups excluding carboxylic acids is 2. The number of anilines is 1. The van der Waals surface area contributed by atoms with Gasteiger partial charge in [-0.05, 0) is 43.5 Å². The summed E-state index contributed by atoms with van der Waals surface area (Å²) >= 11 is 6.26. The van der Waals surface area contributed by atoms with Gasteiger partial charge in [0.15, 0.2) is 0 Å². The largest absolute Gasteiger partial charge is 0.357 e. The first kappa shape index (κ1) is 24.7. The number of nitrogens with one attached hydrogen (secondary N) is 1. The van der Waals surface area contributed by atoms with E-state index in [0.29, 0.717) is 16.3 Å². The summed E-state index contributed by atoms with van der Waals surface area (Å²) in [5.41, 5.74) is 2.58. The summed E-state index contributed by atoms with van der Waals surface area (Å²) in [6, 6.07) is 11.6. The van der Waals surface area contributed by atoms with Gasteiger partial charge in [-0.2, -0.15) is 0 Å². The molecule has 2 aromatic rings. The number of amides is 2. The first-order chi connectivity index (χ1) is 14.5. The third-order valence-electron chi connectivity index (χ3n) is 5.08. The SMILES string of the molecule is CNC(=O)[C@H](C)N(Cc1ccccc1Cl)C(=O)CN(c1c(C)cccc1C)S(C)(=O)=O. The lowest BCUT2D eigenvalue weighted by Crippen LogP contribution is -2.50. The molecule has 31 heavy (non-hydrogen) atoms. The zero-order chi connectivity index (χ0) is 23.3. The minimum Gasteiger partial charge on any atom is -0.357 e. The molecule has 0 spiro atoms. The van der Waals surface area contributed by atoms with Crippen molar-refractivity contribution in [3.05, 3.63) is 64.2 Å². The Labute approximate surface area is 189 Å². The van der Waals surface area contributed by atoms with Gasteiger partial charge in [-0.1, -0.05) is 48.0 Å². The van der Waals surface area contributed by atoms with E-state index in [1.54, 1.807) is 57.2 Å². The van der Waals surface area contributed by atoms with Gasteiger partial charge in [0.25, 0.3) is 0 Å². The lowest BCUT2D eigenvalue weighted by atomic mass is 10.1. The van der Waals surface area contributed by atoms with Crippen LogP contribution in [0.1, 0.15) is 23.6 Å². The standard InChI is InChI=1S/C22H28ClN3O4S/c1-15-9-8-10-16(2)21(15)26(31(5,29)30)14-20(27)25(17(3)22(28)24-4)13-18-11-6-7-12-19(18)23/h6-12,17H,13-14H2,1-5H3,(H,24,28)/t17-/m0/s1. The Balaban J connectivity index is 2.46. The summed E-state index contributed by atoms with van der Waals surface area (Å²) < 4.78 is 26.3. The fraction of sp³-hybridized carbons (Fsp3) is 0.364. The van der Waals surface area contributed by atoms with Gasteiger partial charge in [-0.15, -0.1) is 0 Å². The van der Waals surface area contributed by atoms with E-state index in [1.807, 2.05) is 6.07 Å². The average Bonchev–Trinajstić information content (AvgIpc) is 2.70. The molecule has 0 radical (unpaired) electrons. The molecule has 2 aromatic carbocycles. The van der Waals surface area contributed by atoms with Gasteiger partial charge >= 0.3 is 0 Å². The number of benzene rings is 2. The highest BCUT2D eigenvalue weighted by atomic mass is 35.5. The summed E-state index contributed by atoms with van der Waals surface area (Å²) in [7, 11) is -2.28. The molecule has 168 valence electrons. The number of hydrogen-bond donors (Lipinski definition) is 1. The van der Waals surface area contributed by atoms with Crippen LogP contribution in [0.15, 0.2) is 42.5 Å². The maximum absolute atomic E-state index is 13.4. The highest BCUT2D eigenvalue weighted by Crippen LogP contribution is 2.27. The van der Waals surface area contributed by atoms with Gasteiger partial charge in [0, 0.05) is 18.6 Å². The molecule has 0 saturated carbocycles. The average molecular weight is 466 g/mol. The summed E-state index contributed by atoms with van der Waals surface area (Å²) in [4.78, 5) is 27.0. The molecule has 0 aliphatic heterocycles. The Morgan fingerprint density at radius 2 is 1.65 bits per heavy atom. The molecule has 1 atom stereocenters. The minimum absolute atomic E-state index is 0.0669. The number of nitrogens with zero attached hydrogens (tertiary/aromatic N) is 2. The monoisotopic (exact) mass is 465 g/mol. The van der Waals surface area contributed by atoms with Crippen molar-refractivity contribution in [2.24, 2.45) is 0 Å². The van der Waals surface area contributed by atoms with Crippen molar-refractivity contribution < 1.29 is 18.0 Å². The number of sulfonamides is 1. The molecule has 1 N–H and O–H groups in total. The molecule has 0 unspecified atom stereocenters. The molecule has 7 nitrogen and oxygen atoms in total. The number of rotatable bonds is 8. The number of hydrogen-bond acceptors (Lipinski definition) is 4. The van der Waals surface area contributed by atoms with Crippen LogP contribution in [-0.2, 0) is 26.2 Å². The van der Waals surface area contributed by atoms with Crippen LogP contribution in [0.2, 0.25) is 5.02 Å². The molecule has 0 saturated heterocycles. The molecular formula is C22H28ClN3O4S. The smallest absolute Gasteiger partial charge is 0.244 e. The van der Waals surface area contributed by atoms with Gasteiger partial charge in [0.2, 0.25) is 21.8 Å². The van der Waals surface area contributed by atoms with Gasteiger partial charge in [0.05, 0.1) is 11.9 Å². The van der Waals surface area contributed by atoms with E-state index >= 15 is 0 Å². The maximum atomic E-state index is 13.4. The number of carbonyl (C=O) groups is 2. The van der Waals surface area contributed by atoms with Crippen molar-refractivity contribution in [1.29, 1.82) is 0 Å². The van der Waals surface area contributed by atoms with E-state index in [1.165, 1.54) is 11.9 Å². The van der Waals surface area contributed by atoms with E-state index in [0.717, 1.165) is 21.7 Å². The molecule has 0 aromatic heterocycles. The van der Waals surface area contributed by atoms with Gasteiger partial charge in [0.1, 0.15) is 12.6 Å². The quantitative estimate of drug-likeness (QED) is 0.649. The van der Waals surface area contributed by atoms with Crippen LogP contribution < -0.4 is 9.62 Å². The first-order valence-corrected chi connectivity index (χ1v) is 12.0. The number of likely N-dealkylation sites (N-methyl/N-ethyl adjacent to an activating group) is 1. The minimum atomic E-state index is -3.76. The van der Waals surface area contributed by atoms with E-state index in [2.05, 4.69) is 5.32 Å². The van der Waals surface area contributed by atoms with Crippen molar-refractivity contribution in [2.75, 3.05) is 24.2 Å². The molecular weight excluding hydrogens is 438 g/mol. The van der Waals surface area contributed by atoms with E-state index in [-0.39, 0.29) is 12.5 Å². The Morgan fingerprint density at radius 3 is 2.16 bits per heavy atom. The highest BCUT2D eigenvalue weighted by molar-refractivity contribution is 7.92. The van der Waals surface area contributed by atoms with Crippen LogP contribution in [0.3, 0.4) is 0 Å². The lowest BCUT2D eigenvalue weighted by Gasteiger charge is -2.32. The summed E-state index contributed by atoms with van der Waals surface area (Å²) in [5, 5.41) is 2.99. The second-order valence-electron chi connectivity index (χ2n) is 7.41. The van der Waals surface area contributed by atoms with Crippen LogP contribution in [0.25, 0.3) is 0 Å². The van der Waals surface area contributed by atoms with Crippen molar-refractivity contribution in [1.82, 2.24) is 10.2 Å². The van der Waals surface area contributed by atoms with Crippen LogP contribution >= 0.6 is 11.6 Å². The summed E-state index contributed by atoms with van der Waals surface area (Å²) in [5.74, 6) is -0.873. The Kier molecular flexibility index (Phi) is 8.08. The van der Waals surface area contributed by atoms with E-state index in [9.17, 15) is 18.0 Å². The van der Waals surface area contributed by atoms with Crippen LogP contribution in [-0.4, -0.2) is 51.0 Å². The van der Waals surface area contributed by atoms with Crippen LogP contribution in [0.5, 0.6) is 0 Å². The molecule has 2 rings (SSSR count). The fourth-order valence-electron chi connectivity index (χ4n) is 3.38. The third-order valence-corrected chi connectivity index (χ3v) is 6.56. The predicted octanol–water partition coefficient (Wildman–Crippen LogP) is 2.89. The Bertz CT molecular complexity index is 1050. The zero-order valence-corrected chi connectivity index (χ0v) is 19.9. The molecule has 0 bridgehead atoms. The number of aryl methyl sites for hydroxylation is 2. The molecule has 2 amide bonds. The molecule has 0 heterocycles. The third kappa shape index (κ3) is 5.98. The predicted molar refractivity (Wildman–Crippen MR) is 124 cm³/mol. The van der Waals surface area contributed by atoms with Crippen molar-refractivity contribution in [3.8, 4) is 0 Å². The molecule has 9 heteroatoms. The number of para-hydroxylation sites is 1. The van der Waals surface area contributed by atoms with Gasteiger partial charge in [-0.3, -0.25) is 13.9 Å².